The van der Waals surface area contributed by atoms with E-state index in [9.17, 15) is 4.79 Å². The number of Topliss-reactive ketones (excluding diaryl/α,β-unsaturated/α-hetero) is 1. The van der Waals surface area contributed by atoms with Gasteiger partial charge in [-0.05, 0) is 19.1 Å². The van der Waals surface area contributed by atoms with Gasteiger partial charge in [-0.15, -0.1) is 0 Å². The molecule has 2 aromatic rings. The Bertz CT molecular complexity index is 654. The Hall–Kier alpha value is -1.22. The first-order valence-corrected chi connectivity index (χ1v) is 6.98. The second kappa shape index (κ2) is 6.49. The normalized spacial score (nSPS) is 10.4. The van der Waals surface area contributed by atoms with Gasteiger partial charge in [0.2, 0.25) is 0 Å². The van der Waals surface area contributed by atoms with Gasteiger partial charge < -0.3 is 4.74 Å². The summed E-state index contributed by atoms with van der Waals surface area (Å²) in [6, 6.07) is 10.3. The largest absolute Gasteiger partial charge is 0.484 e. The van der Waals surface area contributed by atoms with E-state index in [4.69, 9.17) is 39.5 Å². The molecule has 2 rings (SSSR count). The van der Waals surface area contributed by atoms with Crippen LogP contribution in [0.15, 0.2) is 36.4 Å². The quantitative estimate of drug-likeness (QED) is 0.568. The van der Waals surface area contributed by atoms with Crippen LogP contribution in [0.25, 0.3) is 0 Å². The number of halogens is 3. The molecule has 2 nitrogen and oxygen atoms in total. The van der Waals surface area contributed by atoms with Crippen molar-refractivity contribution in [1.29, 1.82) is 0 Å². The molecule has 5 heteroatoms. The molecule has 0 saturated carbocycles. The van der Waals surface area contributed by atoms with Gasteiger partial charge in [-0.25, -0.2) is 0 Å². The van der Waals surface area contributed by atoms with Crippen LogP contribution < -0.4 is 4.74 Å². The minimum Gasteiger partial charge on any atom is -0.484 e. The minimum atomic E-state index is -0.129. The topological polar surface area (TPSA) is 26.3 Å². The van der Waals surface area contributed by atoms with E-state index in [1.54, 1.807) is 6.07 Å². The van der Waals surface area contributed by atoms with E-state index >= 15 is 0 Å². The lowest BCUT2D eigenvalue weighted by atomic mass is 10.1. The van der Waals surface area contributed by atoms with Crippen molar-refractivity contribution in [1.82, 2.24) is 0 Å². The van der Waals surface area contributed by atoms with Gasteiger partial charge in [-0.2, -0.15) is 0 Å². The molecule has 0 N–H and O–H groups in total. The molecule has 0 fully saturated rings. The number of ether oxygens (including phenoxy) is 1. The molecule has 0 aromatic heterocycles. The fourth-order valence-corrected chi connectivity index (χ4v) is 2.25. The molecule has 0 radical (unpaired) electrons. The lowest BCUT2D eigenvalue weighted by Gasteiger charge is -2.09. The van der Waals surface area contributed by atoms with Crippen molar-refractivity contribution in [3.63, 3.8) is 0 Å². The molecule has 0 aliphatic heterocycles. The monoisotopic (exact) mass is 328 g/mol. The smallest absolute Gasteiger partial charge is 0.200 e. The first kappa shape index (κ1) is 15.2. The zero-order valence-corrected chi connectivity index (χ0v) is 12.9. The molecule has 0 unspecified atom stereocenters. The van der Waals surface area contributed by atoms with Gasteiger partial charge in [-0.3, -0.25) is 4.79 Å². The standard InChI is InChI=1S/C15H11Cl3O2/c1-9-3-2-4-10(5-9)14(19)8-20-15-7-12(17)11(16)6-13(15)18/h2-7H,8H2,1H3. The molecule has 0 saturated heterocycles. The predicted octanol–water partition coefficient (Wildman–Crippen LogP) is 5.22. The Balaban J connectivity index is 2.09. The lowest BCUT2D eigenvalue weighted by Crippen LogP contribution is -2.11. The third-order valence-corrected chi connectivity index (χ3v) is 3.69. The summed E-state index contributed by atoms with van der Waals surface area (Å²) in [5.74, 6) is 0.206. The van der Waals surface area contributed by atoms with Crippen LogP contribution in [0.1, 0.15) is 15.9 Å². The van der Waals surface area contributed by atoms with Crippen LogP contribution in [-0.2, 0) is 0 Å². The molecule has 0 spiro atoms. The maximum absolute atomic E-state index is 12.0. The Morgan fingerprint density at radius 1 is 1.05 bits per heavy atom. The highest BCUT2D eigenvalue weighted by Gasteiger charge is 2.11. The highest BCUT2D eigenvalue weighted by atomic mass is 35.5. The van der Waals surface area contributed by atoms with E-state index in [-0.39, 0.29) is 12.4 Å². The van der Waals surface area contributed by atoms with Crippen molar-refractivity contribution >= 4 is 40.6 Å². The molecule has 104 valence electrons. The van der Waals surface area contributed by atoms with E-state index in [1.165, 1.54) is 12.1 Å². The maximum Gasteiger partial charge on any atom is 0.200 e. The molecular formula is C15H11Cl3O2. The average molecular weight is 330 g/mol. The van der Waals surface area contributed by atoms with E-state index < -0.39 is 0 Å². The highest BCUT2D eigenvalue weighted by Crippen LogP contribution is 2.33. The van der Waals surface area contributed by atoms with Crippen LogP contribution in [0.3, 0.4) is 0 Å². The van der Waals surface area contributed by atoms with E-state index in [1.807, 2.05) is 25.1 Å². The number of carbonyl (C=O) groups excluding carboxylic acids is 1. The molecule has 0 amide bonds. The number of benzene rings is 2. The van der Waals surface area contributed by atoms with Crippen molar-refractivity contribution < 1.29 is 9.53 Å². The summed E-state index contributed by atoms with van der Waals surface area (Å²) >= 11 is 17.7. The summed E-state index contributed by atoms with van der Waals surface area (Å²) in [5.41, 5.74) is 1.62. The maximum atomic E-state index is 12.0. The van der Waals surface area contributed by atoms with Gasteiger partial charge in [0.15, 0.2) is 12.4 Å². The van der Waals surface area contributed by atoms with Gasteiger partial charge >= 0.3 is 0 Å². The molecule has 2 aromatic carbocycles. The molecule has 0 aliphatic rings. The average Bonchev–Trinajstić information content (AvgIpc) is 2.41. The lowest BCUT2D eigenvalue weighted by molar-refractivity contribution is 0.0921. The van der Waals surface area contributed by atoms with E-state index in [0.717, 1.165) is 5.56 Å². The number of carbonyl (C=O) groups is 1. The second-order valence-electron chi connectivity index (χ2n) is 4.28. The van der Waals surface area contributed by atoms with Crippen molar-refractivity contribution in [2.75, 3.05) is 6.61 Å². The Kier molecular flexibility index (Phi) is 4.92. The van der Waals surface area contributed by atoms with Crippen LogP contribution >= 0.6 is 34.8 Å². The first-order valence-electron chi connectivity index (χ1n) is 5.84. The van der Waals surface area contributed by atoms with Crippen LogP contribution in [0.2, 0.25) is 15.1 Å². The fourth-order valence-electron chi connectivity index (χ4n) is 1.66. The summed E-state index contributed by atoms with van der Waals surface area (Å²) < 4.78 is 5.40. The minimum absolute atomic E-state index is 0.110. The highest BCUT2D eigenvalue weighted by molar-refractivity contribution is 6.43. The summed E-state index contributed by atoms with van der Waals surface area (Å²) in [6.45, 7) is 1.81. The van der Waals surface area contributed by atoms with Crippen molar-refractivity contribution in [3.8, 4) is 5.75 Å². The summed E-state index contributed by atoms with van der Waals surface area (Å²) in [4.78, 5) is 12.0. The Morgan fingerprint density at radius 3 is 2.45 bits per heavy atom. The van der Waals surface area contributed by atoms with Gasteiger partial charge in [-0.1, -0.05) is 58.6 Å². The fraction of sp³-hybridized carbons (Fsp3) is 0.133. The first-order chi connectivity index (χ1) is 9.47. The van der Waals surface area contributed by atoms with Crippen LogP contribution in [0.4, 0.5) is 0 Å². The third-order valence-electron chi connectivity index (χ3n) is 2.67. The van der Waals surface area contributed by atoms with Gasteiger partial charge in [0.25, 0.3) is 0 Å². The Morgan fingerprint density at radius 2 is 1.75 bits per heavy atom. The zero-order chi connectivity index (χ0) is 14.7. The van der Waals surface area contributed by atoms with Gasteiger partial charge in [0.05, 0.1) is 15.1 Å². The number of rotatable bonds is 4. The molecule has 0 atom stereocenters. The summed E-state index contributed by atoms with van der Waals surface area (Å²) in [7, 11) is 0. The SMILES string of the molecule is Cc1cccc(C(=O)COc2cc(Cl)c(Cl)cc2Cl)c1. The van der Waals surface area contributed by atoms with Crippen molar-refractivity contribution in [3.05, 3.63) is 62.6 Å². The van der Waals surface area contributed by atoms with Crippen molar-refractivity contribution in [2.24, 2.45) is 0 Å². The van der Waals surface area contributed by atoms with Crippen LogP contribution in [0.5, 0.6) is 5.75 Å². The number of hydrogen-bond donors (Lipinski definition) is 0. The van der Waals surface area contributed by atoms with Crippen LogP contribution in [-0.4, -0.2) is 12.4 Å². The van der Waals surface area contributed by atoms with E-state index in [0.29, 0.717) is 26.4 Å². The van der Waals surface area contributed by atoms with Crippen LogP contribution in [0, 0.1) is 6.92 Å². The molecular weight excluding hydrogens is 319 g/mol. The van der Waals surface area contributed by atoms with Gasteiger partial charge in [0.1, 0.15) is 5.75 Å². The third kappa shape index (κ3) is 3.66. The predicted molar refractivity (Wildman–Crippen MR) is 82.5 cm³/mol. The Labute approximate surface area is 132 Å². The number of ketones is 1. The second-order valence-corrected chi connectivity index (χ2v) is 5.50. The zero-order valence-electron chi connectivity index (χ0n) is 10.6. The summed E-state index contributed by atoms with van der Waals surface area (Å²) in [5, 5.41) is 0.986. The number of aryl methyl sites for hydroxylation is 1. The molecule has 0 bridgehead atoms. The molecule has 0 aliphatic carbocycles. The summed E-state index contributed by atoms with van der Waals surface area (Å²) in [6.07, 6.45) is 0. The van der Waals surface area contributed by atoms with Crippen molar-refractivity contribution in [2.45, 2.75) is 6.92 Å². The molecule has 20 heavy (non-hydrogen) atoms. The van der Waals surface area contributed by atoms with E-state index in [2.05, 4.69) is 0 Å². The number of hydrogen-bond acceptors (Lipinski definition) is 2. The molecule has 0 heterocycles. The van der Waals surface area contributed by atoms with Gasteiger partial charge in [0, 0.05) is 11.6 Å².